The van der Waals surface area contributed by atoms with Crippen molar-refractivity contribution in [2.24, 2.45) is 0 Å². The molecule has 1 aromatic carbocycles. The number of nitrogens with one attached hydrogen (secondary N) is 1. The van der Waals surface area contributed by atoms with Gasteiger partial charge in [-0.25, -0.2) is 0 Å². The normalized spacial score (nSPS) is 15.1. The smallest absolute Gasteiger partial charge is 0.0636 e. The van der Waals surface area contributed by atoms with Crippen molar-refractivity contribution >= 4 is 0 Å². The fourth-order valence-electron chi connectivity index (χ4n) is 1.40. The maximum absolute atomic E-state index is 9.14. The van der Waals surface area contributed by atoms with Gasteiger partial charge in [0.15, 0.2) is 0 Å². The summed E-state index contributed by atoms with van der Waals surface area (Å²) in [6.07, 6.45) is -0.290. The molecule has 1 aromatic rings. The van der Waals surface area contributed by atoms with Gasteiger partial charge in [0.2, 0.25) is 0 Å². The highest BCUT2D eigenvalue weighted by atomic mass is 16.3. The van der Waals surface area contributed by atoms with Crippen LogP contribution in [-0.2, 0) is 0 Å². The van der Waals surface area contributed by atoms with Gasteiger partial charge >= 0.3 is 0 Å². The molecule has 0 aliphatic heterocycles. The molecule has 0 spiro atoms. The van der Waals surface area contributed by atoms with Crippen LogP contribution in [0.25, 0.3) is 0 Å². The summed E-state index contributed by atoms with van der Waals surface area (Å²) in [5, 5.41) is 12.4. The minimum Gasteiger partial charge on any atom is -0.392 e. The van der Waals surface area contributed by atoms with E-state index in [0.29, 0.717) is 12.6 Å². The summed E-state index contributed by atoms with van der Waals surface area (Å²) in [5.74, 6) is 0. The molecule has 0 fully saturated rings. The van der Waals surface area contributed by atoms with E-state index in [1.165, 1.54) is 11.1 Å². The van der Waals surface area contributed by atoms with Gasteiger partial charge in [-0.15, -0.1) is 0 Å². The van der Waals surface area contributed by atoms with E-state index < -0.39 is 0 Å². The molecule has 2 heteroatoms. The molecule has 0 saturated carbocycles. The van der Waals surface area contributed by atoms with Gasteiger partial charge in [-0.2, -0.15) is 0 Å². The predicted octanol–water partition coefficient (Wildman–Crippen LogP) is 2.03. The van der Waals surface area contributed by atoms with Crippen molar-refractivity contribution in [1.29, 1.82) is 0 Å². The summed E-state index contributed by atoms with van der Waals surface area (Å²) >= 11 is 0. The van der Waals surface area contributed by atoms with Gasteiger partial charge in [0.25, 0.3) is 0 Å². The van der Waals surface area contributed by atoms with Gasteiger partial charge in [0.1, 0.15) is 0 Å². The first-order valence-corrected chi connectivity index (χ1v) is 5.07. The van der Waals surface area contributed by atoms with Gasteiger partial charge in [0.05, 0.1) is 6.10 Å². The Bertz CT molecular complexity index is 283. The van der Waals surface area contributed by atoms with Crippen LogP contribution in [0.15, 0.2) is 24.3 Å². The lowest BCUT2D eigenvalue weighted by molar-refractivity contribution is 0.187. The number of hydrogen-bond acceptors (Lipinski definition) is 2. The largest absolute Gasteiger partial charge is 0.392 e. The van der Waals surface area contributed by atoms with Crippen molar-refractivity contribution in [3.63, 3.8) is 0 Å². The number of aliphatic hydroxyl groups is 1. The molecule has 2 atom stereocenters. The second kappa shape index (κ2) is 5.13. The van der Waals surface area contributed by atoms with Crippen molar-refractivity contribution in [3.05, 3.63) is 35.4 Å². The van der Waals surface area contributed by atoms with Crippen molar-refractivity contribution in [2.75, 3.05) is 6.54 Å². The molecule has 1 unspecified atom stereocenters. The first-order chi connectivity index (χ1) is 6.59. The van der Waals surface area contributed by atoms with Crippen LogP contribution in [0.5, 0.6) is 0 Å². The van der Waals surface area contributed by atoms with Gasteiger partial charge in [-0.05, 0) is 26.3 Å². The van der Waals surface area contributed by atoms with Crippen LogP contribution in [0, 0.1) is 6.92 Å². The fourth-order valence-corrected chi connectivity index (χ4v) is 1.40. The van der Waals surface area contributed by atoms with Crippen molar-refractivity contribution in [3.8, 4) is 0 Å². The SMILES string of the molecule is Cc1cccc(C(C)NC[C@H](C)O)c1. The van der Waals surface area contributed by atoms with Crippen LogP contribution >= 0.6 is 0 Å². The van der Waals surface area contributed by atoms with Gasteiger partial charge in [-0.3, -0.25) is 0 Å². The van der Waals surface area contributed by atoms with Crippen molar-refractivity contribution < 1.29 is 5.11 Å². The van der Waals surface area contributed by atoms with Crippen LogP contribution < -0.4 is 5.32 Å². The number of aryl methyl sites for hydroxylation is 1. The quantitative estimate of drug-likeness (QED) is 0.767. The lowest BCUT2D eigenvalue weighted by atomic mass is 10.1. The second-order valence-corrected chi connectivity index (χ2v) is 3.89. The molecule has 0 heterocycles. The van der Waals surface area contributed by atoms with E-state index in [9.17, 15) is 0 Å². The summed E-state index contributed by atoms with van der Waals surface area (Å²) in [4.78, 5) is 0. The number of benzene rings is 1. The molecule has 0 aromatic heterocycles. The molecule has 0 radical (unpaired) electrons. The first-order valence-electron chi connectivity index (χ1n) is 5.07. The minimum absolute atomic E-state index is 0.290. The fraction of sp³-hybridized carbons (Fsp3) is 0.500. The van der Waals surface area contributed by atoms with E-state index in [1.807, 2.05) is 0 Å². The second-order valence-electron chi connectivity index (χ2n) is 3.89. The Hall–Kier alpha value is -0.860. The molecule has 14 heavy (non-hydrogen) atoms. The first kappa shape index (κ1) is 11.2. The van der Waals surface area contributed by atoms with Crippen LogP contribution in [0.1, 0.15) is 31.0 Å². The summed E-state index contributed by atoms with van der Waals surface area (Å²) in [6.45, 7) is 6.62. The predicted molar refractivity (Wildman–Crippen MR) is 59.3 cm³/mol. The molecule has 78 valence electrons. The Labute approximate surface area is 86.0 Å². The lowest BCUT2D eigenvalue weighted by Crippen LogP contribution is -2.27. The summed E-state index contributed by atoms with van der Waals surface area (Å²) in [6, 6.07) is 8.72. The molecular formula is C12H19NO. The van der Waals surface area contributed by atoms with E-state index in [-0.39, 0.29) is 6.10 Å². The van der Waals surface area contributed by atoms with E-state index >= 15 is 0 Å². The molecular weight excluding hydrogens is 174 g/mol. The molecule has 1 rings (SSSR count). The average Bonchev–Trinajstić information content (AvgIpc) is 2.14. The molecule has 0 amide bonds. The van der Waals surface area contributed by atoms with Crippen LogP contribution in [0.4, 0.5) is 0 Å². The molecule has 2 nitrogen and oxygen atoms in total. The third-order valence-corrected chi connectivity index (χ3v) is 2.26. The van der Waals surface area contributed by atoms with Crippen LogP contribution in [0.3, 0.4) is 0 Å². The van der Waals surface area contributed by atoms with Crippen molar-refractivity contribution in [1.82, 2.24) is 5.32 Å². The zero-order valence-corrected chi connectivity index (χ0v) is 9.12. The van der Waals surface area contributed by atoms with Crippen LogP contribution in [-0.4, -0.2) is 17.8 Å². The van der Waals surface area contributed by atoms with E-state index in [0.717, 1.165) is 0 Å². The topological polar surface area (TPSA) is 32.3 Å². The highest BCUT2D eigenvalue weighted by molar-refractivity contribution is 5.24. The third-order valence-electron chi connectivity index (χ3n) is 2.26. The molecule has 0 saturated heterocycles. The molecule has 2 N–H and O–H groups in total. The Morgan fingerprint density at radius 3 is 2.64 bits per heavy atom. The van der Waals surface area contributed by atoms with Gasteiger partial charge in [0, 0.05) is 12.6 Å². The minimum atomic E-state index is -0.290. The number of rotatable bonds is 4. The molecule has 0 bridgehead atoms. The molecule has 0 aliphatic carbocycles. The summed E-state index contributed by atoms with van der Waals surface area (Å²) in [7, 11) is 0. The average molecular weight is 193 g/mol. The van der Waals surface area contributed by atoms with Crippen molar-refractivity contribution in [2.45, 2.75) is 32.9 Å². The van der Waals surface area contributed by atoms with Gasteiger partial charge < -0.3 is 10.4 Å². The maximum Gasteiger partial charge on any atom is 0.0636 e. The van der Waals surface area contributed by atoms with Gasteiger partial charge in [-0.1, -0.05) is 29.8 Å². The summed E-state index contributed by atoms with van der Waals surface area (Å²) < 4.78 is 0. The number of hydrogen-bond donors (Lipinski definition) is 2. The summed E-state index contributed by atoms with van der Waals surface area (Å²) in [5.41, 5.74) is 2.54. The standard InChI is InChI=1S/C12H19NO/c1-9-5-4-6-12(7-9)11(3)13-8-10(2)14/h4-7,10-11,13-14H,8H2,1-3H3/t10-,11?/m0/s1. The van der Waals surface area contributed by atoms with E-state index in [2.05, 4.69) is 43.4 Å². The Balaban J connectivity index is 2.56. The molecule has 0 aliphatic rings. The highest BCUT2D eigenvalue weighted by Crippen LogP contribution is 2.13. The Kier molecular flexibility index (Phi) is 4.11. The highest BCUT2D eigenvalue weighted by Gasteiger charge is 2.05. The lowest BCUT2D eigenvalue weighted by Gasteiger charge is -2.15. The van der Waals surface area contributed by atoms with Crippen LogP contribution in [0.2, 0.25) is 0 Å². The van der Waals surface area contributed by atoms with E-state index in [4.69, 9.17) is 5.11 Å². The Morgan fingerprint density at radius 1 is 1.36 bits per heavy atom. The zero-order chi connectivity index (χ0) is 10.6. The monoisotopic (exact) mass is 193 g/mol. The Morgan fingerprint density at radius 2 is 2.07 bits per heavy atom. The maximum atomic E-state index is 9.14. The third kappa shape index (κ3) is 3.48. The zero-order valence-electron chi connectivity index (χ0n) is 9.12. The number of aliphatic hydroxyl groups excluding tert-OH is 1. The van der Waals surface area contributed by atoms with E-state index in [1.54, 1.807) is 6.92 Å².